The van der Waals surface area contributed by atoms with Gasteiger partial charge in [-0.1, -0.05) is 43.0 Å². The average Bonchev–Trinajstić information content (AvgIpc) is 2.33. The molecule has 2 rings (SSSR count). The molecule has 0 spiro atoms. The zero-order valence-corrected chi connectivity index (χ0v) is 12.0. The summed E-state index contributed by atoms with van der Waals surface area (Å²) in [4.78, 5) is 4.34. The van der Waals surface area contributed by atoms with E-state index >= 15 is 0 Å². The highest BCUT2D eigenvalue weighted by molar-refractivity contribution is 6.34. The van der Waals surface area contributed by atoms with Gasteiger partial charge in [0.15, 0.2) is 0 Å². The summed E-state index contributed by atoms with van der Waals surface area (Å²) in [5, 5.41) is 1.14. The molecule has 3 N–H and O–H groups in total. The second kappa shape index (κ2) is 6.20. The van der Waals surface area contributed by atoms with Crippen LogP contribution in [0, 0.1) is 11.8 Å². The molecule has 0 saturated heterocycles. The maximum atomic E-state index is 6.22. The van der Waals surface area contributed by atoms with Crippen molar-refractivity contribution in [3.63, 3.8) is 0 Å². The van der Waals surface area contributed by atoms with Gasteiger partial charge in [0, 0.05) is 6.20 Å². The number of aromatic nitrogens is 1. The van der Waals surface area contributed by atoms with Gasteiger partial charge in [0.25, 0.3) is 0 Å². The van der Waals surface area contributed by atoms with E-state index in [0.29, 0.717) is 16.0 Å². The Balaban J connectivity index is 2.21. The fourth-order valence-electron chi connectivity index (χ4n) is 2.88. The van der Waals surface area contributed by atoms with E-state index in [1.807, 2.05) is 0 Å². The van der Waals surface area contributed by atoms with E-state index in [1.165, 1.54) is 19.3 Å². The van der Waals surface area contributed by atoms with Crippen molar-refractivity contribution >= 4 is 23.2 Å². The summed E-state index contributed by atoms with van der Waals surface area (Å²) in [7, 11) is 0. The first-order chi connectivity index (χ1) is 8.61. The third-order valence-corrected chi connectivity index (χ3v) is 4.27. The molecular formula is C13H19Cl2N3. The lowest BCUT2D eigenvalue weighted by Crippen LogP contribution is -2.36. The molecule has 100 valence electrons. The van der Waals surface area contributed by atoms with Crippen molar-refractivity contribution in [3.8, 4) is 0 Å². The van der Waals surface area contributed by atoms with Gasteiger partial charge < -0.3 is 0 Å². The minimum atomic E-state index is 0.0116. The van der Waals surface area contributed by atoms with Crippen LogP contribution in [0.4, 0.5) is 0 Å². The Bertz CT molecular complexity index is 411. The molecule has 0 radical (unpaired) electrons. The van der Waals surface area contributed by atoms with Gasteiger partial charge in [0.2, 0.25) is 0 Å². The molecule has 1 aliphatic rings. The predicted octanol–water partition coefficient (Wildman–Crippen LogP) is 3.72. The van der Waals surface area contributed by atoms with E-state index in [0.717, 1.165) is 18.0 Å². The van der Waals surface area contributed by atoms with Gasteiger partial charge in [-0.2, -0.15) is 0 Å². The van der Waals surface area contributed by atoms with Crippen molar-refractivity contribution in [3.05, 3.63) is 28.0 Å². The normalized spacial score (nSPS) is 26.0. The highest BCUT2D eigenvalue weighted by Crippen LogP contribution is 2.38. The fourth-order valence-corrected chi connectivity index (χ4v) is 3.37. The van der Waals surface area contributed by atoms with E-state index in [4.69, 9.17) is 29.0 Å². The molecule has 0 amide bonds. The average molecular weight is 288 g/mol. The second-order valence-electron chi connectivity index (χ2n) is 5.20. The Morgan fingerprint density at radius 2 is 2.22 bits per heavy atom. The van der Waals surface area contributed by atoms with Crippen LogP contribution in [0.25, 0.3) is 0 Å². The topological polar surface area (TPSA) is 50.9 Å². The SMILES string of the molecule is CC1CCCC(C(NN)c2ncc(Cl)cc2Cl)C1. The van der Waals surface area contributed by atoms with Crippen molar-refractivity contribution in [2.45, 2.75) is 38.6 Å². The van der Waals surface area contributed by atoms with E-state index in [2.05, 4.69) is 17.3 Å². The molecule has 1 fully saturated rings. The van der Waals surface area contributed by atoms with Gasteiger partial charge in [-0.05, 0) is 30.7 Å². The third-order valence-electron chi connectivity index (χ3n) is 3.76. The van der Waals surface area contributed by atoms with Crippen molar-refractivity contribution in [1.82, 2.24) is 10.4 Å². The smallest absolute Gasteiger partial charge is 0.0776 e. The van der Waals surface area contributed by atoms with Crippen LogP contribution < -0.4 is 11.3 Å². The van der Waals surface area contributed by atoms with Crippen LogP contribution in [-0.2, 0) is 0 Å². The Labute approximate surface area is 118 Å². The highest BCUT2D eigenvalue weighted by Gasteiger charge is 2.29. The van der Waals surface area contributed by atoms with Gasteiger partial charge in [-0.3, -0.25) is 16.3 Å². The van der Waals surface area contributed by atoms with Gasteiger partial charge >= 0.3 is 0 Å². The van der Waals surface area contributed by atoms with Crippen molar-refractivity contribution in [2.75, 3.05) is 0 Å². The minimum absolute atomic E-state index is 0.0116. The van der Waals surface area contributed by atoms with Crippen LogP contribution in [0.15, 0.2) is 12.3 Å². The number of hydrogen-bond acceptors (Lipinski definition) is 3. The summed E-state index contributed by atoms with van der Waals surface area (Å²) in [6.45, 7) is 2.29. The van der Waals surface area contributed by atoms with Crippen molar-refractivity contribution < 1.29 is 0 Å². The fraction of sp³-hybridized carbons (Fsp3) is 0.615. The first kappa shape index (κ1) is 14.1. The first-order valence-corrected chi connectivity index (χ1v) is 7.14. The molecule has 5 heteroatoms. The van der Waals surface area contributed by atoms with Gasteiger partial charge in [0.05, 0.1) is 21.8 Å². The molecular weight excluding hydrogens is 269 g/mol. The molecule has 0 bridgehead atoms. The predicted molar refractivity (Wildman–Crippen MR) is 75.4 cm³/mol. The molecule has 0 aromatic carbocycles. The van der Waals surface area contributed by atoms with Crippen LogP contribution in [0.3, 0.4) is 0 Å². The van der Waals surface area contributed by atoms with Gasteiger partial charge in [-0.25, -0.2) is 0 Å². The number of nitrogens with zero attached hydrogens (tertiary/aromatic N) is 1. The number of hydrogen-bond donors (Lipinski definition) is 2. The van der Waals surface area contributed by atoms with Gasteiger partial charge in [0.1, 0.15) is 0 Å². The van der Waals surface area contributed by atoms with E-state index in [1.54, 1.807) is 12.3 Å². The summed E-state index contributed by atoms with van der Waals surface area (Å²) in [5.41, 5.74) is 3.69. The molecule has 1 heterocycles. The van der Waals surface area contributed by atoms with E-state index < -0.39 is 0 Å². The molecule has 3 atom stereocenters. The lowest BCUT2D eigenvalue weighted by Gasteiger charge is -2.32. The Morgan fingerprint density at radius 3 is 2.83 bits per heavy atom. The number of pyridine rings is 1. The van der Waals surface area contributed by atoms with Gasteiger partial charge in [-0.15, -0.1) is 0 Å². The third kappa shape index (κ3) is 3.15. The van der Waals surface area contributed by atoms with Crippen molar-refractivity contribution in [1.29, 1.82) is 0 Å². The maximum Gasteiger partial charge on any atom is 0.0776 e. The molecule has 1 aliphatic carbocycles. The minimum Gasteiger partial charge on any atom is -0.271 e. The molecule has 18 heavy (non-hydrogen) atoms. The van der Waals surface area contributed by atoms with Crippen LogP contribution in [0.5, 0.6) is 0 Å². The zero-order chi connectivity index (χ0) is 13.1. The van der Waals surface area contributed by atoms with Crippen LogP contribution >= 0.6 is 23.2 Å². The monoisotopic (exact) mass is 287 g/mol. The summed E-state index contributed by atoms with van der Waals surface area (Å²) in [6.07, 6.45) is 6.50. The number of hydrazine groups is 1. The molecule has 1 aromatic rings. The number of nitrogens with one attached hydrogen (secondary N) is 1. The Kier molecular flexibility index (Phi) is 4.84. The molecule has 3 unspecified atom stereocenters. The van der Waals surface area contributed by atoms with Crippen LogP contribution in [0.1, 0.15) is 44.3 Å². The number of halogens is 2. The number of nitrogens with two attached hydrogens (primary N) is 1. The maximum absolute atomic E-state index is 6.22. The summed E-state index contributed by atoms with van der Waals surface area (Å²) < 4.78 is 0. The van der Waals surface area contributed by atoms with Crippen LogP contribution in [-0.4, -0.2) is 4.98 Å². The lowest BCUT2D eigenvalue weighted by molar-refractivity contribution is 0.222. The highest BCUT2D eigenvalue weighted by atomic mass is 35.5. The largest absolute Gasteiger partial charge is 0.271 e. The second-order valence-corrected chi connectivity index (χ2v) is 6.04. The van der Waals surface area contributed by atoms with Crippen molar-refractivity contribution in [2.24, 2.45) is 17.7 Å². The molecule has 1 aromatic heterocycles. The molecule has 1 saturated carbocycles. The van der Waals surface area contributed by atoms with E-state index in [-0.39, 0.29) is 6.04 Å². The van der Waals surface area contributed by atoms with E-state index in [9.17, 15) is 0 Å². The first-order valence-electron chi connectivity index (χ1n) is 6.39. The standard InChI is InChI=1S/C13H19Cl2N3/c1-8-3-2-4-9(5-8)12(18-16)13-11(15)6-10(14)7-17-13/h6-9,12,18H,2-5,16H2,1H3. The summed E-state index contributed by atoms with van der Waals surface area (Å²) in [5.74, 6) is 6.94. The van der Waals surface area contributed by atoms with Crippen LogP contribution in [0.2, 0.25) is 10.0 Å². The summed E-state index contributed by atoms with van der Waals surface area (Å²) >= 11 is 12.1. The Morgan fingerprint density at radius 1 is 1.44 bits per heavy atom. The lowest BCUT2D eigenvalue weighted by atomic mass is 9.78. The quantitative estimate of drug-likeness (QED) is 0.658. The summed E-state index contributed by atoms with van der Waals surface area (Å²) in [6, 6.07) is 1.74. The number of rotatable bonds is 3. The Hall–Kier alpha value is -0.350. The molecule has 3 nitrogen and oxygen atoms in total. The molecule has 0 aliphatic heterocycles. The zero-order valence-electron chi connectivity index (χ0n) is 10.5.